The number of piperidine rings is 1. The number of nitrogens with zero attached hydrogens (tertiary/aromatic N) is 1. The minimum atomic E-state index is -0.0174. The van der Waals surface area contributed by atoms with Gasteiger partial charge in [-0.1, -0.05) is 22.4 Å². The summed E-state index contributed by atoms with van der Waals surface area (Å²) in [6, 6.07) is 6.51. The number of amides is 1. The predicted octanol–water partition coefficient (Wildman–Crippen LogP) is 3.67. The van der Waals surface area contributed by atoms with Gasteiger partial charge < -0.3 is 0 Å². The quantitative estimate of drug-likeness (QED) is 0.900. The van der Waals surface area contributed by atoms with Crippen molar-refractivity contribution in [2.24, 2.45) is 0 Å². The van der Waals surface area contributed by atoms with Gasteiger partial charge in [-0.3, -0.25) is 10.2 Å². The second-order valence-electron chi connectivity index (χ2n) is 5.44. The van der Waals surface area contributed by atoms with E-state index < -0.39 is 0 Å². The molecule has 1 N–H and O–H groups in total. The lowest BCUT2D eigenvalue weighted by Crippen LogP contribution is -2.54. The Balaban J connectivity index is 2.09. The Bertz CT molecular complexity index is 465. The van der Waals surface area contributed by atoms with Crippen LogP contribution in [0.15, 0.2) is 22.7 Å². The first-order valence-electron chi connectivity index (χ1n) is 6.84. The molecule has 0 bridgehead atoms. The zero-order valence-electron chi connectivity index (χ0n) is 11.7. The Hall–Kier alpha value is -0.870. The number of halogens is 1. The lowest BCUT2D eigenvalue weighted by molar-refractivity contribution is 0.0369. The molecule has 104 valence electrons. The van der Waals surface area contributed by atoms with Crippen molar-refractivity contribution in [3.05, 3.63) is 33.8 Å². The maximum atomic E-state index is 12.3. The van der Waals surface area contributed by atoms with Crippen molar-refractivity contribution >= 4 is 21.8 Å². The van der Waals surface area contributed by atoms with E-state index in [9.17, 15) is 4.79 Å². The highest BCUT2D eigenvalue weighted by Crippen LogP contribution is 2.21. The number of benzene rings is 1. The van der Waals surface area contributed by atoms with Crippen LogP contribution in [0.25, 0.3) is 0 Å². The van der Waals surface area contributed by atoms with Gasteiger partial charge >= 0.3 is 0 Å². The molecular weight excluding hydrogens is 304 g/mol. The molecule has 0 aliphatic carbocycles. The Morgan fingerprint density at radius 2 is 1.95 bits per heavy atom. The molecule has 1 aromatic rings. The number of carbonyl (C=O) groups excluding carboxylic acids is 1. The van der Waals surface area contributed by atoms with E-state index in [4.69, 9.17) is 0 Å². The number of nitrogens with one attached hydrogen (secondary N) is 1. The summed E-state index contributed by atoms with van der Waals surface area (Å²) in [5.74, 6) is -0.0174. The summed E-state index contributed by atoms with van der Waals surface area (Å²) in [7, 11) is 0. The van der Waals surface area contributed by atoms with Gasteiger partial charge in [-0.15, -0.1) is 0 Å². The molecule has 2 rings (SSSR count). The molecule has 1 fully saturated rings. The standard InChI is InChI=1S/C15H21BrN2O/c1-10-9-13(7-8-14(10)16)15(19)17-18-11(2)5-4-6-12(18)3/h7-9,11-12H,4-6H2,1-3H3,(H,17,19). The Labute approximate surface area is 123 Å². The van der Waals surface area contributed by atoms with E-state index in [0.29, 0.717) is 17.6 Å². The van der Waals surface area contributed by atoms with Crippen LogP contribution in [0.1, 0.15) is 49.0 Å². The van der Waals surface area contributed by atoms with Crippen LogP contribution in [-0.2, 0) is 0 Å². The van der Waals surface area contributed by atoms with Crippen LogP contribution >= 0.6 is 15.9 Å². The molecule has 2 atom stereocenters. The SMILES string of the molecule is Cc1cc(C(=O)NN2C(C)CCCC2C)ccc1Br. The summed E-state index contributed by atoms with van der Waals surface area (Å²) in [6.45, 7) is 6.33. The monoisotopic (exact) mass is 324 g/mol. The molecule has 1 aliphatic rings. The topological polar surface area (TPSA) is 32.3 Å². The third-order valence-corrected chi connectivity index (χ3v) is 4.73. The fraction of sp³-hybridized carbons (Fsp3) is 0.533. The molecule has 1 saturated heterocycles. The number of hydrogen-bond acceptors (Lipinski definition) is 2. The van der Waals surface area contributed by atoms with Crippen molar-refractivity contribution in [1.29, 1.82) is 0 Å². The smallest absolute Gasteiger partial charge is 0.265 e. The van der Waals surface area contributed by atoms with E-state index in [-0.39, 0.29) is 5.91 Å². The molecule has 19 heavy (non-hydrogen) atoms. The zero-order valence-corrected chi connectivity index (χ0v) is 13.3. The molecule has 1 aromatic carbocycles. The van der Waals surface area contributed by atoms with Crippen LogP contribution in [0, 0.1) is 6.92 Å². The molecular formula is C15H21BrN2O. The molecule has 0 aromatic heterocycles. The summed E-state index contributed by atoms with van der Waals surface area (Å²) < 4.78 is 1.03. The molecule has 3 nitrogen and oxygen atoms in total. The summed E-state index contributed by atoms with van der Waals surface area (Å²) in [5, 5.41) is 2.10. The summed E-state index contributed by atoms with van der Waals surface area (Å²) in [6.07, 6.45) is 3.53. The average molecular weight is 325 g/mol. The normalized spacial score (nSPS) is 24.2. The van der Waals surface area contributed by atoms with E-state index in [1.165, 1.54) is 6.42 Å². The Morgan fingerprint density at radius 1 is 1.32 bits per heavy atom. The molecule has 4 heteroatoms. The van der Waals surface area contributed by atoms with Crippen molar-refractivity contribution in [2.75, 3.05) is 0 Å². The van der Waals surface area contributed by atoms with Gasteiger partial charge in [-0.2, -0.15) is 0 Å². The first-order valence-corrected chi connectivity index (χ1v) is 7.64. The minimum Gasteiger partial charge on any atom is -0.284 e. The third kappa shape index (κ3) is 3.37. The minimum absolute atomic E-state index is 0.0174. The predicted molar refractivity (Wildman–Crippen MR) is 81.0 cm³/mol. The molecule has 1 aliphatic heterocycles. The average Bonchev–Trinajstić information content (AvgIpc) is 2.37. The fourth-order valence-corrected chi connectivity index (χ4v) is 2.86. The molecule has 2 unspecified atom stereocenters. The zero-order chi connectivity index (χ0) is 14.0. The summed E-state index contributed by atoms with van der Waals surface area (Å²) >= 11 is 3.45. The molecule has 1 amide bonds. The number of carbonyl (C=O) groups is 1. The Morgan fingerprint density at radius 3 is 2.53 bits per heavy atom. The van der Waals surface area contributed by atoms with Gasteiger partial charge in [0.25, 0.3) is 5.91 Å². The van der Waals surface area contributed by atoms with Crippen LogP contribution in [0.3, 0.4) is 0 Å². The van der Waals surface area contributed by atoms with Crippen LogP contribution in [0.4, 0.5) is 0 Å². The number of hydrazine groups is 1. The molecule has 0 spiro atoms. The van der Waals surface area contributed by atoms with Gasteiger partial charge in [-0.05, 0) is 57.4 Å². The van der Waals surface area contributed by atoms with Crippen molar-refractivity contribution in [1.82, 2.24) is 10.4 Å². The van der Waals surface area contributed by atoms with Crippen molar-refractivity contribution < 1.29 is 4.79 Å². The third-order valence-electron chi connectivity index (χ3n) is 3.84. The molecule has 0 radical (unpaired) electrons. The van der Waals surface area contributed by atoms with E-state index in [2.05, 4.69) is 40.2 Å². The van der Waals surface area contributed by atoms with Crippen molar-refractivity contribution in [3.63, 3.8) is 0 Å². The second kappa shape index (κ2) is 6.06. The maximum absolute atomic E-state index is 12.3. The van der Waals surface area contributed by atoms with Crippen LogP contribution in [0.2, 0.25) is 0 Å². The summed E-state index contributed by atoms with van der Waals surface area (Å²) in [5.41, 5.74) is 4.85. The first-order chi connectivity index (χ1) is 8.99. The molecule has 0 saturated carbocycles. The summed E-state index contributed by atoms with van der Waals surface area (Å²) in [4.78, 5) is 12.3. The van der Waals surface area contributed by atoms with Gasteiger partial charge in [-0.25, -0.2) is 5.01 Å². The maximum Gasteiger partial charge on any atom is 0.265 e. The van der Waals surface area contributed by atoms with Gasteiger partial charge in [0.15, 0.2) is 0 Å². The fourth-order valence-electron chi connectivity index (χ4n) is 2.61. The lowest BCUT2D eigenvalue weighted by Gasteiger charge is -2.38. The highest BCUT2D eigenvalue weighted by molar-refractivity contribution is 9.10. The van der Waals surface area contributed by atoms with Gasteiger partial charge in [0.05, 0.1) is 0 Å². The van der Waals surface area contributed by atoms with E-state index in [1.807, 2.05) is 25.1 Å². The van der Waals surface area contributed by atoms with Crippen molar-refractivity contribution in [2.45, 2.75) is 52.1 Å². The van der Waals surface area contributed by atoms with Crippen LogP contribution in [-0.4, -0.2) is 23.0 Å². The largest absolute Gasteiger partial charge is 0.284 e. The number of hydrogen-bond donors (Lipinski definition) is 1. The number of rotatable bonds is 2. The lowest BCUT2D eigenvalue weighted by atomic mass is 10.00. The van der Waals surface area contributed by atoms with Crippen LogP contribution < -0.4 is 5.43 Å². The molecule has 1 heterocycles. The van der Waals surface area contributed by atoms with Gasteiger partial charge in [0.1, 0.15) is 0 Å². The van der Waals surface area contributed by atoms with Crippen LogP contribution in [0.5, 0.6) is 0 Å². The van der Waals surface area contributed by atoms with Gasteiger partial charge in [0, 0.05) is 22.1 Å². The highest BCUT2D eigenvalue weighted by atomic mass is 79.9. The van der Waals surface area contributed by atoms with Crippen molar-refractivity contribution in [3.8, 4) is 0 Å². The van der Waals surface area contributed by atoms with E-state index in [0.717, 1.165) is 22.9 Å². The highest BCUT2D eigenvalue weighted by Gasteiger charge is 2.26. The van der Waals surface area contributed by atoms with E-state index >= 15 is 0 Å². The first kappa shape index (κ1) is 14.5. The number of aryl methyl sites for hydroxylation is 1. The second-order valence-corrected chi connectivity index (χ2v) is 6.30. The Kier molecular flexibility index (Phi) is 4.63. The van der Waals surface area contributed by atoms with E-state index in [1.54, 1.807) is 0 Å². The van der Waals surface area contributed by atoms with Gasteiger partial charge in [0.2, 0.25) is 0 Å².